The number of pyridine rings is 1. The van der Waals surface area contributed by atoms with E-state index in [0.717, 1.165) is 54.1 Å². The zero-order valence-corrected chi connectivity index (χ0v) is 20.2. The molecule has 8 heteroatoms. The average Bonchev–Trinajstić information content (AvgIpc) is 3.61. The normalized spacial score (nSPS) is 18.9. The first-order valence-corrected chi connectivity index (χ1v) is 12.3. The van der Waals surface area contributed by atoms with Gasteiger partial charge in [0.25, 0.3) is 0 Å². The van der Waals surface area contributed by atoms with Crippen molar-refractivity contribution in [1.29, 1.82) is 0 Å². The summed E-state index contributed by atoms with van der Waals surface area (Å²) >= 11 is 0. The Hall–Kier alpha value is -3.62. The molecule has 8 nitrogen and oxygen atoms in total. The molecule has 1 amide bonds. The van der Waals surface area contributed by atoms with Gasteiger partial charge in [0.05, 0.1) is 31.8 Å². The fraction of sp³-hybridized carbons (Fsp3) is 0.357. The van der Waals surface area contributed by atoms with Gasteiger partial charge in [0.1, 0.15) is 11.6 Å². The molecule has 186 valence electrons. The number of carbonyl (C=O) groups is 1. The summed E-state index contributed by atoms with van der Waals surface area (Å²) in [5, 5.41) is 3.04. The molecule has 1 N–H and O–H groups in total. The van der Waals surface area contributed by atoms with Gasteiger partial charge in [-0.25, -0.2) is 4.98 Å². The Morgan fingerprint density at radius 3 is 2.61 bits per heavy atom. The van der Waals surface area contributed by atoms with Crippen LogP contribution < -0.4 is 19.5 Å². The molecule has 3 aromatic rings. The fourth-order valence-corrected chi connectivity index (χ4v) is 5.10. The Morgan fingerprint density at radius 1 is 1.03 bits per heavy atom. The summed E-state index contributed by atoms with van der Waals surface area (Å²) < 4.78 is 22.0. The van der Waals surface area contributed by atoms with E-state index in [1.165, 1.54) is 0 Å². The number of morpholine rings is 1. The highest BCUT2D eigenvalue weighted by Crippen LogP contribution is 2.51. The fourth-order valence-electron chi connectivity index (χ4n) is 5.10. The van der Waals surface area contributed by atoms with Crippen molar-refractivity contribution in [3.8, 4) is 17.2 Å². The average molecular weight is 488 g/mol. The van der Waals surface area contributed by atoms with E-state index in [9.17, 15) is 4.79 Å². The number of aromatic nitrogens is 1. The summed E-state index contributed by atoms with van der Waals surface area (Å²) in [4.78, 5) is 20.3. The lowest BCUT2D eigenvalue weighted by molar-refractivity contribution is -0.118. The van der Waals surface area contributed by atoms with Gasteiger partial charge >= 0.3 is 0 Å². The van der Waals surface area contributed by atoms with Crippen molar-refractivity contribution in [3.63, 3.8) is 0 Å². The van der Waals surface area contributed by atoms with Gasteiger partial charge in [0.2, 0.25) is 12.7 Å². The zero-order valence-electron chi connectivity index (χ0n) is 20.2. The van der Waals surface area contributed by atoms with E-state index in [1.807, 2.05) is 48.7 Å². The molecule has 1 saturated carbocycles. The third kappa shape index (κ3) is 4.27. The minimum absolute atomic E-state index is 0.0182. The van der Waals surface area contributed by atoms with Gasteiger partial charge in [0, 0.05) is 19.3 Å². The van der Waals surface area contributed by atoms with Gasteiger partial charge in [-0.05, 0) is 59.9 Å². The molecule has 0 radical (unpaired) electrons. The number of nitrogens with one attached hydrogen (secondary N) is 1. The van der Waals surface area contributed by atoms with Crippen molar-refractivity contribution in [2.45, 2.75) is 24.3 Å². The van der Waals surface area contributed by atoms with Crippen molar-refractivity contribution >= 4 is 11.7 Å². The summed E-state index contributed by atoms with van der Waals surface area (Å²) in [6, 6.07) is 17.8. The van der Waals surface area contributed by atoms with Crippen LogP contribution in [0.25, 0.3) is 0 Å². The van der Waals surface area contributed by atoms with E-state index in [1.54, 1.807) is 7.11 Å². The molecule has 0 bridgehead atoms. The quantitative estimate of drug-likeness (QED) is 0.541. The Kier molecular flexibility index (Phi) is 5.99. The highest BCUT2D eigenvalue weighted by Gasteiger charge is 2.51. The van der Waals surface area contributed by atoms with Gasteiger partial charge in [-0.2, -0.15) is 0 Å². The number of fused-ring (bicyclic) bond motifs is 1. The van der Waals surface area contributed by atoms with Crippen LogP contribution in [0.1, 0.15) is 35.6 Å². The first-order chi connectivity index (χ1) is 17.7. The van der Waals surface area contributed by atoms with E-state index in [4.69, 9.17) is 18.9 Å². The van der Waals surface area contributed by atoms with Crippen LogP contribution >= 0.6 is 0 Å². The summed E-state index contributed by atoms with van der Waals surface area (Å²) in [6.45, 7) is 3.28. The molecule has 3 heterocycles. The lowest BCUT2D eigenvalue weighted by Crippen LogP contribution is -2.39. The third-order valence-electron chi connectivity index (χ3n) is 7.27. The van der Waals surface area contributed by atoms with Crippen LogP contribution in [0.2, 0.25) is 0 Å². The second-order valence-electron chi connectivity index (χ2n) is 9.41. The van der Waals surface area contributed by atoms with E-state index in [-0.39, 0.29) is 18.7 Å². The van der Waals surface area contributed by atoms with Gasteiger partial charge < -0.3 is 24.3 Å². The number of benzene rings is 2. The summed E-state index contributed by atoms with van der Waals surface area (Å²) in [5.74, 6) is 2.74. The van der Waals surface area contributed by atoms with Crippen molar-refractivity contribution in [3.05, 3.63) is 77.5 Å². The lowest BCUT2D eigenvalue weighted by Gasteiger charge is -2.35. The maximum Gasteiger partial charge on any atom is 0.236 e. The predicted molar refractivity (Wildman–Crippen MR) is 134 cm³/mol. The van der Waals surface area contributed by atoms with Crippen LogP contribution in [-0.4, -0.2) is 56.0 Å². The van der Waals surface area contributed by atoms with E-state index < -0.39 is 5.41 Å². The molecule has 3 aliphatic rings. The number of hydrogen-bond donors (Lipinski definition) is 1. The third-order valence-corrected chi connectivity index (χ3v) is 7.27. The van der Waals surface area contributed by atoms with E-state index >= 15 is 0 Å². The number of rotatable bonds is 7. The number of hydrogen-bond acceptors (Lipinski definition) is 7. The van der Waals surface area contributed by atoms with Crippen LogP contribution in [0, 0.1) is 0 Å². The van der Waals surface area contributed by atoms with Crippen LogP contribution in [0.3, 0.4) is 0 Å². The Bertz CT molecular complexity index is 1250. The number of anilines is 1. The second-order valence-corrected chi connectivity index (χ2v) is 9.41. The first kappa shape index (κ1) is 22.8. The lowest BCUT2D eigenvalue weighted by atomic mass is 9.94. The molecule has 1 aliphatic carbocycles. The van der Waals surface area contributed by atoms with Crippen LogP contribution in [0.5, 0.6) is 17.2 Å². The molecule has 1 atom stereocenters. The monoisotopic (exact) mass is 487 g/mol. The van der Waals surface area contributed by atoms with Crippen molar-refractivity contribution in [2.75, 3.05) is 45.5 Å². The summed E-state index contributed by atoms with van der Waals surface area (Å²) in [7, 11) is 1.68. The van der Waals surface area contributed by atoms with Gasteiger partial charge in [-0.3, -0.25) is 9.69 Å². The van der Waals surface area contributed by atoms with Gasteiger partial charge in [0.15, 0.2) is 11.5 Å². The maximum atomic E-state index is 13.3. The van der Waals surface area contributed by atoms with E-state index in [2.05, 4.69) is 27.3 Å². The Morgan fingerprint density at radius 2 is 1.86 bits per heavy atom. The van der Waals surface area contributed by atoms with Crippen molar-refractivity contribution in [1.82, 2.24) is 9.88 Å². The van der Waals surface area contributed by atoms with Crippen molar-refractivity contribution < 1.29 is 23.7 Å². The number of nitrogens with zero attached hydrogens (tertiary/aromatic N) is 2. The highest BCUT2D eigenvalue weighted by atomic mass is 16.7. The molecule has 2 aliphatic heterocycles. The minimum atomic E-state index is -0.543. The Labute approximate surface area is 210 Å². The van der Waals surface area contributed by atoms with Crippen molar-refractivity contribution in [2.24, 2.45) is 0 Å². The molecule has 36 heavy (non-hydrogen) atoms. The molecule has 1 saturated heterocycles. The highest BCUT2D eigenvalue weighted by molar-refractivity contribution is 6.01. The molecule has 2 aromatic carbocycles. The number of carbonyl (C=O) groups excluding carboxylic acids is 1. The Balaban J connectivity index is 1.22. The molecular weight excluding hydrogens is 458 g/mol. The molecule has 1 unspecified atom stereocenters. The molecule has 6 rings (SSSR count). The molecule has 0 spiro atoms. The molecule has 1 aromatic heterocycles. The number of methoxy groups -OCH3 is 1. The topological polar surface area (TPSA) is 82.2 Å². The second kappa shape index (κ2) is 9.44. The largest absolute Gasteiger partial charge is 0.497 e. The van der Waals surface area contributed by atoms with Crippen LogP contribution in [0.4, 0.5) is 5.82 Å². The number of amides is 1. The SMILES string of the molecule is COc1cccc(C(c2ccc(NC(=O)C3(c4ccc5c(c4)OCO5)CC3)nc2)N2CCOCC2)c1. The number of ether oxygens (including phenoxy) is 4. The molecule has 2 fully saturated rings. The molecular formula is C28H29N3O5. The zero-order chi connectivity index (χ0) is 24.5. The van der Waals surface area contributed by atoms with Crippen LogP contribution in [-0.2, 0) is 14.9 Å². The maximum absolute atomic E-state index is 13.3. The summed E-state index contributed by atoms with van der Waals surface area (Å²) in [5.41, 5.74) is 2.60. The standard InChI is InChI=1S/C28H29N3O5/c1-33-22-4-2-3-19(15-22)26(31-11-13-34-14-12-31)20-5-8-25(29-17-20)30-27(32)28(9-10-28)21-6-7-23-24(16-21)36-18-35-23/h2-8,15-17,26H,9-14,18H2,1H3,(H,29,30,32). The van der Waals surface area contributed by atoms with Gasteiger partial charge in [-0.15, -0.1) is 0 Å². The predicted octanol–water partition coefficient (Wildman–Crippen LogP) is 3.91. The van der Waals surface area contributed by atoms with Gasteiger partial charge in [-0.1, -0.05) is 24.3 Å². The minimum Gasteiger partial charge on any atom is -0.497 e. The van der Waals surface area contributed by atoms with E-state index in [0.29, 0.717) is 24.8 Å². The smallest absolute Gasteiger partial charge is 0.236 e. The summed E-state index contributed by atoms with van der Waals surface area (Å²) in [6.07, 6.45) is 3.45. The first-order valence-electron chi connectivity index (χ1n) is 12.3. The van der Waals surface area contributed by atoms with Crippen LogP contribution in [0.15, 0.2) is 60.8 Å².